The fraction of sp³-hybridized carbons (Fsp3) is 0.222. The molecule has 110 valence electrons. The van der Waals surface area contributed by atoms with Crippen LogP contribution in [-0.2, 0) is 6.42 Å². The number of carboxylic acids is 1. The Kier molecular flexibility index (Phi) is 2.96. The van der Waals surface area contributed by atoms with Gasteiger partial charge in [0.2, 0.25) is 0 Å². The molecule has 0 bridgehead atoms. The molecule has 1 atom stereocenters. The van der Waals surface area contributed by atoms with Crippen LogP contribution in [0.25, 0.3) is 10.9 Å². The Balaban J connectivity index is 1.96. The molecule has 0 saturated carbocycles. The summed E-state index contributed by atoms with van der Waals surface area (Å²) in [4.78, 5) is 11.8. The van der Waals surface area contributed by atoms with Crippen LogP contribution in [0.3, 0.4) is 0 Å². The smallest absolute Gasteiger partial charge is 0.354 e. The molecule has 0 fully saturated rings. The van der Waals surface area contributed by atoms with E-state index in [1.807, 2.05) is 36.4 Å². The van der Waals surface area contributed by atoms with Gasteiger partial charge >= 0.3 is 5.97 Å². The Labute approximate surface area is 128 Å². The van der Waals surface area contributed by atoms with Crippen molar-refractivity contribution in [2.24, 2.45) is 0 Å². The van der Waals surface area contributed by atoms with E-state index in [0.717, 1.165) is 24.8 Å². The number of hydrogen-bond acceptors (Lipinski definition) is 2. The van der Waals surface area contributed by atoms with E-state index < -0.39 is 5.97 Å². The largest absolute Gasteiger partial charge is 0.477 e. The number of aryl methyl sites for hydroxylation is 1. The maximum absolute atomic E-state index is 11.8. The molecule has 1 aliphatic carbocycles. The number of nitrogens with zero attached hydrogens (tertiary/aromatic N) is 2. The minimum Gasteiger partial charge on any atom is -0.477 e. The van der Waals surface area contributed by atoms with Gasteiger partial charge in [-0.2, -0.15) is 5.10 Å². The van der Waals surface area contributed by atoms with Crippen molar-refractivity contribution in [2.75, 3.05) is 0 Å². The van der Waals surface area contributed by atoms with Crippen LogP contribution in [-0.4, -0.2) is 20.9 Å². The van der Waals surface area contributed by atoms with Gasteiger partial charge in [-0.3, -0.25) is 0 Å². The van der Waals surface area contributed by atoms with Crippen LogP contribution in [0.1, 0.15) is 40.5 Å². The van der Waals surface area contributed by atoms with E-state index in [4.69, 9.17) is 0 Å². The molecule has 2 aromatic carbocycles. The minimum atomic E-state index is -0.920. The maximum Gasteiger partial charge on any atom is 0.354 e. The fourth-order valence-electron chi connectivity index (χ4n) is 3.47. The van der Waals surface area contributed by atoms with E-state index in [0.29, 0.717) is 5.39 Å². The summed E-state index contributed by atoms with van der Waals surface area (Å²) in [7, 11) is 0. The molecule has 1 aliphatic rings. The Morgan fingerprint density at radius 2 is 1.91 bits per heavy atom. The highest BCUT2D eigenvalue weighted by atomic mass is 16.4. The van der Waals surface area contributed by atoms with Gasteiger partial charge in [-0.25, -0.2) is 9.48 Å². The van der Waals surface area contributed by atoms with E-state index in [-0.39, 0.29) is 11.7 Å². The number of aromatic nitrogens is 2. The molecule has 0 saturated heterocycles. The molecule has 1 aromatic heterocycles. The van der Waals surface area contributed by atoms with Gasteiger partial charge in [-0.05, 0) is 36.5 Å². The van der Waals surface area contributed by atoms with Crippen molar-refractivity contribution in [3.63, 3.8) is 0 Å². The molecule has 1 heterocycles. The zero-order chi connectivity index (χ0) is 15.1. The molecule has 4 heteroatoms. The Bertz CT molecular complexity index is 866. The summed E-state index contributed by atoms with van der Waals surface area (Å²) < 4.78 is 1.71. The van der Waals surface area contributed by atoms with Gasteiger partial charge in [0.05, 0.1) is 11.6 Å². The van der Waals surface area contributed by atoms with Gasteiger partial charge in [0.25, 0.3) is 0 Å². The van der Waals surface area contributed by atoms with Gasteiger partial charge in [0, 0.05) is 5.39 Å². The van der Waals surface area contributed by atoms with Gasteiger partial charge in [-0.1, -0.05) is 42.5 Å². The van der Waals surface area contributed by atoms with Gasteiger partial charge in [0.1, 0.15) is 0 Å². The summed E-state index contributed by atoms with van der Waals surface area (Å²) in [5.74, 6) is -0.920. The Morgan fingerprint density at radius 1 is 1.14 bits per heavy atom. The van der Waals surface area contributed by atoms with Crippen molar-refractivity contribution in [2.45, 2.75) is 25.3 Å². The molecule has 22 heavy (non-hydrogen) atoms. The second-order valence-corrected chi connectivity index (χ2v) is 5.72. The number of fused-ring (bicyclic) bond motifs is 2. The lowest BCUT2D eigenvalue weighted by Crippen LogP contribution is -2.21. The highest BCUT2D eigenvalue weighted by molar-refractivity contribution is 6.01. The van der Waals surface area contributed by atoms with Crippen molar-refractivity contribution in [3.8, 4) is 0 Å². The van der Waals surface area contributed by atoms with Crippen LogP contribution >= 0.6 is 0 Å². The summed E-state index contributed by atoms with van der Waals surface area (Å²) in [6.45, 7) is 0. The first-order valence-corrected chi connectivity index (χ1v) is 7.54. The lowest BCUT2D eigenvalue weighted by atomic mass is 9.87. The third-order valence-corrected chi connectivity index (χ3v) is 4.44. The minimum absolute atomic E-state index is 0.00319. The molecule has 0 unspecified atom stereocenters. The predicted octanol–water partition coefficient (Wildman–Crippen LogP) is 3.66. The highest BCUT2D eigenvalue weighted by Crippen LogP contribution is 2.34. The number of hydrogen-bond donors (Lipinski definition) is 1. The molecule has 1 N–H and O–H groups in total. The van der Waals surface area contributed by atoms with E-state index in [1.54, 1.807) is 4.68 Å². The normalized spacial score (nSPS) is 17.4. The monoisotopic (exact) mass is 292 g/mol. The summed E-state index contributed by atoms with van der Waals surface area (Å²) in [5, 5.41) is 15.0. The molecule has 3 aromatic rings. The Hall–Kier alpha value is -2.62. The number of aromatic carboxylic acids is 1. The SMILES string of the molecule is O=C(O)c1c2ccccc2nn1[C@@H]1CCCc2ccccc21. The molecule has 4 rings (SSSR count). The van der Waals surface area contributed by atoms with Crippen LogP contribution in [0, 0.1) is 0 Å². The average Bonchev–Trinajstić information content (AvgIpc) is 2.93. The standard InChI is InChI=1S/C18H16N2O2/c21-18(22)17-14-9-3-4-10-15(14)19-20(17)16-11-5-7-12-6-1-2-8-13(12)16/h1-4,6,8-10,16H,5,7,11H2,(H,21,22)/t16-/m1/s1. The van der Waals surface area contributed by atoms with Crippen LogP contribution < -0.4 is 0 Å². The topological polar surface area (TPSA) is 55.1 Å². The van der Waals surface area contributed by atoms with Crippen molar-refractivity contribution in [1.29, 1.82) is 0 Å². The summed E-state index contributed by atoms with van der Waals surface area (Å²) in [6, 6.07) is 15.7. The lowest BCUT2D eigenvalue weighted by Gasteiger charge is -2.26. The summed E-state index contributed by atoms with van der Waals surface area (Å²) in [5.41, 5.74) is 3.53. The molecular formula is C18H16N2O2. The number of benzene rings is 2. The van der Waals surface area contributed by atoms with Crippen LogP contribution in [0.15, 0.2) is 48.5 Å². The van der Waals surface area contributed by atoms with Crippen molar-refractivity contribution in [3.05, 3.63) is 65.4 Å². The van der Waals surface area contributed by atoms with E-state index in [1.165, 1.54) is 11.1 Å². The molecule has 0 aliphatic heterocycles. The molecule has 0 radical (unpaired) electrons. The first-order chi connectivity index (χ1) is 10.8. The number of rotatable bonds is 2. The van der Waals surface area contributed by atoms with E-state index in [9.17, 15) is 9.90 Å². The van der Waals surface area contributed by atoms with Crippen LogP contribution in [0.4, 0.5) is 0 Å². The van der Waals surface area contributed by atoms with Crippen LogP contribution in [0.2, 0.25) is 0 Å². The number of carbonyl (C=O) groups is 1. The van der Waals surface area contributed by atoms with Crippen molar-refractivity contribution < 1.29 is 9.90 Å². The molecule has 4 nitrogen and oxygen atoms in total. The maximum atomic E-state index is 11.8. The molecule has 0 amide bonds. The van der Waals surface area contributed by atoms with E-state index in [2.05, 4.69) is 17.2 Å². The van der Waals surface area contributed by atoms with Crippen molar-refractivity contribution >= 4 is 16.9 Å². The predicted molar refractivity (Wildman–Crippen MR) is 84.2 cm³/mol. The fourth-order valence-corrected chi connectivity index (χ4v) is 3.47. The number of carboxylic acid groups (broad SMARTS) is 1. The average molecular weight is 292 g/mol. The third-order valence-electron chi connectivity index (χ3n) is 4.44. The summed E-state index contributed by atoms with van der Waals surface area (Å²) in [6.07, 6.45) is 3.03. The first-order valence-electron chi connectivity index (χ1n) is 7.54. The quantitative estimate of drug-likeness (QED) is 0.784. The zero-order valence-corrected chi connectivity index (χ0v) is 12.1. The third kappa shape index (κ3) is 1.91. The highest BCUT2D eigenvalue weighted by Gasteiger charge is 2.27. The first kappa shape index (κ1) is 13.1. The Morgan fingerprint density at radius 3 is 2.77 bits per heavy atom. The second-order valence-electron chi connectivity index (χ2n) is 5.72. The molecule has 0 spiro atoms. The van der Waals surface area contributed by atoms with Gasteiger partial charge < -0.3 is 5.11 Å². The van der Waals surface area contributed by atoms with Crippen LogP contribution in [0.5, 0.6) is 0 Å². The van der Waals surface area contributed by atoms with Crippen molar-refractivity contribution in [1.82, 2.24) is 9.78 Å². The summed E-state index contributed by atoms with van der Waals surface area (Å²) >= 11 is 0. The van der Waals surface area contributed by atoms with Gasteiger partial charge in [-0.15, -0.1) is 0 Å². The second kappa shape index (κ2) is 4.98. The molecular weight excluding hydrogens is 276 g/mol. The lowest BCUT2D eigenvalue weighted by molar-refractivity contribution is 0.0683. The van der Waals surface area contributed by atoms with Gasteiger partial charge in [0.15, 0.2) is 5.69 Å². The zero-order valence-electron chi connectivity index (χ0n) is 12.1. The van der Waals surface area contributed by atoms with E-state index >= 15 is 0 Å².